The maximum Gasteiger partial charge on any atom is 0.228 e. The van der Waals surface area contributed by atoms with Gasteiger partial charge in [-0.3, -0.25) is 4.79 Å². The first-order valence-corrected chi connectivity index (χ1v) is 14.0. The zero-order valence-electron chi connectivity index (χ0n) is 19.6. The van der Waals surface area contributed by atoms with Gasteiger partial charge in [-0.1, -0.05) is 6.58 Å². The molecule has 3 heterocycles. The van der Waals surface area contributed by atoms with Crippen molar-refractivity contribution in [3.8, 4) is 0 Å². The molecule has 0 bridgehead atoms. The van der Waals surface area contributed by atoms with E-state index in [0.29, 0.717) is 23.8 Å². The van der Waals surface area contributed by atoms with E-state index in [1.165, 1.54) is 0 Å². The third-order valence-electron chi connectivity index (χ3n) is 7.16. The Morgan fingerprint density at radius 3 is 2.37 bits per heavy atom. The Labute approximate surface area is 204 Å². The molecule has 2 aromatic rings. The van der Waals surface area contributed by atoms with E-state index in [1.807, 2.05) is 16.7 Å². The second-order valence-corrected chi connectivity index (χ2v) is 12.2. The van der Waals surface area contributed by atoms with Crippen LogP contribution in [0.1, 0.15) is 63.4 Å². The monoisotopic (exact) mass is 497 g/mol. The van der Waals surface area contributed by atoms with Crippen LogP contribution in [0.15, 0.2) is 30.1 Å². The maximum atomic E-state index is 12.3. The lowest BCUT2D eigenvalue weighted by atomic mass is 9.92. The minimum Gasteiger partial charge on any atom is -0.367 e. The Kier molecular flexibility index (Phi) is 5.56. The SMILES string of the molecule is C=C1NC(=O)C/C1=C\c1cnn2c(NC3CC3)cc(NC3CCC(NS(=O)(=O)C4CC4)CC3)nc12. The van der Waals surface area contributed by atoms with Crippen LogP contribution in [0, 0.1) is 0 Å². The number of hydrogen-bond donors (Lipinski definition) is 4. The number of fused-ring (bicyclic) bond motifs is 1. The van der Waals surface area contributed by atoms with Gasteiger partial charge in [-0.15, -0.1) is 0 Å². The number of nitrogens with one attached hydrogen (secondary N) is 4. The van der Waals surface area contributed by atoms with Crippen molar-refractivity contribution >= 4 is 39.3 Å². The molecule has 4 fully saturated rings. The van der Waals surface area contributed by atoms with Crippen LogP contribution in [0.5, 0.6) is 0 Å². The zero-order chi connectivity index (χ0) is 24.2. The summed E-state index contributed by atoms with van der Waals surface area (Å²) < 4.78 is 29.3. The molecule has 0 spiro atoms. The van der Waals surface area contributed by atoms with Gasteiger partial charge in [0.05, 0.1) is 17.9 Å². The Balaban J connectivity index is 1.20. The van der Waals surface area contributed by atoms with Gasteiger partial charge in [-0.05, 0) is 63.0 Å². The largest absolute Gasteiger partial charge is 0.367 e. The summed E-state index contributed by atoms with van der Waals surface area (Å²) in [5.41, 5.74) is 3.00. The van der Waals surface area contributed by atoms with Crippen molar-refractivity contribution in [2.24, 2.45) is 0 Å². The zero-order valence-corrected chi connectivity index (χ0v) is 20.4. The highest BCUT2D eigenvalue weighted by atomic mass is 32.2. The van der Waals surface area contributed by atoms with E-state index >= 15 is 0 Å². The number of amides is 1. The summed E-state index contributed by atoms with van der Waals surface area (Å²) in [6.07, 6.45) is 11.2. The molecule has 0 radical (unpaired) electrons. The standard InChI is InChI=1S/C24H31N7O3S/c1-14-15(11-23(32)26-14)10-16-13-25-31-22(28-18-2-3-18)12-21(29-24(16)31)27-17-4-6-19(7-5-17)30-35(33,34)20-8-9-20/h10,12-13,17-20,28,30H,1-9,11H2,(H,26,32)(H,27,29)/b15-10+. The van der Waals surface area contributed by atoms with Gasteiger partial charge in [0.2, 0.25) is 15.9 Å². The number of aromatic nitrogens is 3. The van der Waals surface area contributed by atoms with Crippen molar-refractivity contribution in [1.29, 1.82) is 0 Å². The van der Waals surface area contributed by atoms with Crippen molar-refractivity contribution in [3.05, 3.63) is 35.7 Å². The summed E-state index contributed by atoms with van der Waals surface area (Å²) in [6, 6.07) is 2.69. The Bertz CT molecular complexity index is 1320. The highest BCUT2D eigenvalue weighted by Crippen LogP contribution is 2.31. The number of sulfonamides is 1. The van der Waals surface area contributed by atoms with E-state index in [2.05, 4.69) is 32.4 Å². The minimum absolute atomic E-state index is 0.0186. The first kappa shape index (κ1) is 22.5. The lowest BCUT2D eigenvalue weighted by Crippen LogP contribution is -2.41. The van der Waals surface area contributed by atoms with Gasteiger partial charge in [0.25, 0.3) is 0 Å². The molecule has 3 aliphatic carbocycles. The molecule has 1 aliphatic heterocycles. The van der Waals surface area contributed by atoms with Crippen molar-refractivity contribution in [2.45, 2.75) is 81.2 Å². The average molecular weight is 498 g/mol. The van der Waals surface area contributed by atoms with Crippen LogP contribution in [-0.4, -0.2) is 52.3 Å². The van der Waals surface area contributed by atoms with Gasteiger partial charge in [-0.25, -0.2) is 18.1 Å². The second-order valence-electron chi connectivity index (χ2n) is 10.2. The number of nitrogens with zero attached hydrogens (tertiary/aromatic N) is 3. The molecule has 10 nitrogen and oxygen atoms in total. The van der Waals surface area contributed by atoms with Gasteiger partial charge >= 0.3 is 0 Å². The summed E-state index contributed by atoms with van der Waals surface area (Å²) in [6.45, 7) is 3.93. The molecule has 3 saturated carbocycles. The van der Waals surface area contributed by atoms with E-state index in [-0.39, 0.29) is 23.2 Å². The van der Waals surface area contributed by atoms with Gasteiger partial charge in [0.15, 0.2) is 5.65 Å². The van der Waals surface area contributed by atoms with E-state index in [4.69, 9.17) is 4.98 Å². The molecule has 35 heavy (non-hydrogen) atoms. The molecule has 0 unspecified atom stereocenters. The summed E-state index contributed by atoms with van der Waals surface area (Å²) in [5, 5.41) is 14.3. The van der Waals surface area contributed by atoms with Gasteiger partial charge in [0.1, 0.15) is 11.6 Å². The van der Waals surface area contributed by atoms with Crippen molar-refractivity contribution in [3.63, 3.8) is 0 Å². The van der Waals surface area contributed by atoms with Crippen LogP contribution in [0.4, 0.5) is 11.6 Å². The van der Waals surface area contributed by atoms with Crippen LogP contribution in [0.3, 0.4) is 0 Å². The first-order chi connectivity index (χ1) is 16.8. The Hall–Kier alpha value is -2.92. The predicted octanol–water partition coefficient (Wildman–Crippen LogP) is 2.53. The topological polar surface area (TPSA) is 130 Å². The molecular formula is C24H31N7O3S. The minimum atomic E-state index is -3.15. The molecule has 4 aliphatic rings. The molecule has 1 saturated heterocycles. The molecule has 1 amide bonds. The normalized spacial score (nSPS) is 26.3. The van der Waals surface area contributed by atoms with Gasteiger partial charge < -0.3 is 16.0 Å². The summed E-state index contributed by atoms with van der Waals surface area (Å²) >= 11 is 0. The number of hydrogen-bond acceptors (Lipinski definition) is 7. The number of rotatable bonds is 8. The van der Waals surface area contributed by atoms with Crippen molar-refractivity contribution in [1.82, 2.24) is 24.6 Å². The quantitative estimate of drug-likeness (QED) is 0.441. The third kappa shape index (κ3) is 4.92. The third-order valence-corrected chi connectivity index (χ3v) is 9.17. The van der Waals surface area contributed by atoms with Crippen LogP contribution < -0.4 is 20.7 Å². The molecule has 2 aromatic heterocycles. The molecule has 0 atom stereocenters. The lowest BCUT2D eigenvalue weighted by Gasteiger charge is -2.30. The second kappa shape index (κ2) is 8.63. The number of carbonyl (C=O) groups excluding carboxylic acids is 1. The van der Waals surface area contributed by atoms with Crippen molar-refractivity contribution < 1.29 is 13.2 Å². The molecule has 186 valence electrons. The predicted molar refractivity (Wildman–Crippen MR) is 134 cm³/mol. The molecule has 0 aromatic carbocycles. The number of anilines is 2. The van der Waals surface area contributed by atoms with Crippen molar-refractivity contribution in [2.75, 3.05) is 10.6 Å². The summed E-state index contributed by atoms with van der Waals surface area (Å²) in [5.74, 6) is 1.59. The van der Waals surface area contributed by atoms with Gasteiger partial charge in [-0.2, -0.15) is 9.61 Å². The van der Waals surface area contributed by atoms with Gasteiger partial charge in [0, 0.05) is 35.5 Å². The fourth-order valence-corrected chi connectivity index (χ4v) is 6.51. The van der Waals surface area contributed by atoms with E-state index in [0.717, 1.165) is 74.1 Å². The van der Waals surface area contributed by atoms with E-state index < -0.39 is 10.0 Å². The molecule has 4 N–H and O–H groups in total. The molecular weight excluding hydrogens is 466 g/mol. The van der Waals surface area contributed by atoms with Crippen LogP contribution in [0.25, 0.3) is 11.7 Å². The van der Waals surface area contributed by atoms with E-state index in [9.17, 15) is 13.2 Å². The highest BCUT2D eigenvalue weighted by Gasteiger charge is 2.37. The smallest absolute Gasteiger partial charge is 0.228 e. The van der Waals surface area contributed by atoms with Crippen LogP contribution in [0.2, 0.25) is 0 Å². The number of carbonyl (C=O) groups is 1. The Morgan fingerprint density at radius 1 is 1.03 bits per heavy atom. The Morgan fingerprint density at radius 2 is 1.71 bits per heavy atom. The molecule has 6 rings (SSSR count). The fraction of sp³-hybridized carbons (Fsp3) is 0.542. The summed E-state index contributed by atoms with van der Waals surface area (Å²) in [7, 11) is -3.15. The average Bonchev–Trinajstić information content (AvgIpc) is 3.73. The van der Waals surface area contributed by atoms with Crippen LogP contribution in [-0.2, 0) is 14.8 Å². The maximum absolute atomic E-state index is 12.3. The lowest BCUT2D eigenvalue weighted by molar-refractivity contribution is -0.118. The van der Waals surface area contributed by atoms with Crippen LogP contribution >= 0.6 is 0 Å². The highest BCUT2D eigenvalue weighted by molar-refractivity contribution is 7.90. The molecule has 11 heteroatoms. The fourth-order valence-electron chi connectivity index (χ4n) is 4.87. The first-order valence-electron chi connectivity index (χ1n) is 12.5. The number of allylic oxidation sites excluding steroid dienone is 1. The summed E-state index contributed by atoms with van der Waals surface area (Å²) in [4.78, 5) is 16.6. The van der Waals surface area contributed by atoms with E-state index in [1.54, 1.807) is 6.20 Å².